The molecule has 100 valence electrons. The van der Waals surface area contributed by atoms with Gasteiger partial charge in [0.25, 0.3) is 5.91 Å². The van der Waals surface area contributed by atoms with Gasteiger partial charge in [-0.05, 0) is 31.2 Å². The lowest BCUT2D eigenvalue weighted by Gasteiger charge is -2.20. The average molecular weight is 310 g/mol. The molecule has 0 spiro atoms. The van der Waals surface area contributed by atoms with Crippen molar-refractivity contribution < 1.29 is 4.79 Å². The third-order valence-corrected chi connectivity index (χ3v) is 3.35. The summed E-state index contributed by atoms with van der Waals surface area (Å²) in [5, 5.41) is 4.24. The van der Waals surface area contributed by atoms with E-state index in [1.165, 1.54) is 0 Å². The van der Waals surface area contributed by atoms with Crippen LogP contribution in [0.1, 0.15) is 16.8 Å². The molecular formula is C12H15Cl3N2O. The molecule has 1 fully saturated rings. The molecule has 0 unspecified atom stereocenters. The fourth-order valence-electron chi connectivity index (χ4n) is 1.88. The van der Waals surface area contributed by atoms with Crippen LogP contribution >= 0.6 is 35.6 Å². The maximum atomic E-state index is 12.3. The second kappa shape index (κ2) is 7.19. The number of benzene rings is 1. The second-order valence-corrected chi connectivity index (χ2v) is 4.86. The number of rotatable bonds is 1. The molecule has 1 saturated heterocycles. The molecule has 0 saturated carbocycles. The minimum atomic E-state index is -0.0406. The van der Waals surface area contributed by atoms with E-state index < -0.39 is 0 Å². The lowest BCUT2D eigenvalue weighted by Crippen LogP contribution is -2.34. The highest BCUT2D eigenvalue weighted by Gasteiger charge is 2.19. The molecular weight excluding hydrogens is 295 g/mol. The number of halogens is 3. The van der Waals surface area contributed by atoms with Gasteiger partial charge in [-0.2, -0.15) is 0 Å². The molecule has 3 nitrogen and oxygen atoms in total. The Morgan fingerprint density at radius 3 is 2.78 bits per heavy atom. The Kier molecular flexibility index (Phi) is 6.22. The minimum Gasteiger partial charge on any atom is -0.337 e. The molecule has 1 aromatic carbocycles. The fourth-order valence-corrected chi connectivity index (χ4v) is 2.25. The Labute approximate surface area is 123 Å². The van der Waals surface area contributed by atoms with Crippen LogP contribution in [0.15, 0.2) is 18.2 Å². The van der Waals surface area contributed by atoms with E-state index in [1.54, 1.807) is 18.2 Å². The normalized spacial score (nSPS) is 15.8. The largest absolute Gasteiger partial charge is 0.337 e. The van der Waals surface area contributed by atoms with Gasteiger partial charge >= 0.3 is 0 Å². The molecule has 1 aliphatic rings. The van der Waals surface area contributed by atoms with Crippen LogP contribution in [0.25, 0.3) is 0 Å². The van der Waals surface area contributed by atoms with E-state index in [-0.39, 0.29) is 18.3 Å². The molecule has 1 aromatic rings. The first-order valence-corrected chi connectivity index (χ1v) is 6.39. The molecule has 1 aliphatic heterocycles. The number of hydrogen-bond donors (Lipinski definition) is 1. The van der Waals surface area contributed by atoms with Crippen LogP contribution in [-0.4, -0.2) is 37.0 Å². The van der Waals surface area contributed by atoms with E-state index in [4.69, 9.17) is 23.2 Å². The zero-order valence-electron chi connectivity index (χ0n) is 9.79. The van der Waals surface area contributed by atoms with Crippen molar-refractivity contribution in [3.05, 3.63) is 33.8 Å². The zero-order valence-corrected chi connectivity index (χ0v) is 12.1. The predicted octanol–water partition coefficient (Wildman–Crippen LogP) is 2.85. The molecule has 0 bridgehead atoms. The van der Waals surface area contributed by atoms with Crippen molar-refractivity contribution in [1.29, 1.82) is 0 Å². The molecule has 0 radical (unpaired) electrons. The summed E-state index contributed by atoms with van der Waals surface area (Å²) in [6.45, 7) is 3.24. The molecule has 0 aromatic heterocycles. The van der Waals surface area contributed by atoms with Crippen molar-refractivity contribution >= 4 is 41.5 Å². The topological polar surface area (TPSA) is 32.3 Å². The van der Waals surface area contributed by atoms with Crippen molar-refractivity contribution in [2.24, 2.45) is 0 Å². The molecule has 1 N–H and O–H groups in total. The van der Waals surface area contributed by atoms with Gasteiger partial charge in [-0.3, -0.25) is 4.79 Å². The van der Waals surface area contributed by atoms with Crippen molar-refractivity contribution in [2.75, 3.05) is 26.2 Å². The summed E-state index contributed by atoms with van der Waals surface area (Å²) in [7, 11) is 0. The Balaban J connectivity index is 0.00000162. The lowest BCUT2D eigenvalue weighted by atomic mass is 10.2. The van der Waals surface area contributed by atoms with Gasteiger partial charge in [0.15, 0.2) is 0 Å². The molecule has 18 heavy (non-hydrogen) atoms. The van der Waals surface area contributed by atoms with Gasteiger partial charge in [0.1, 0.15) is 0 Å². The highest BCUT2D eigenvalue weighted by molar-refractivity contribution is 6.35. The smallest absolute Gasteiger partial charge is 0.255 e. The predicted molar refractivity (Wildman–Crippen MR) is 77.1 cm³/mol. The summed E-state index contributed by atoms with van der Waals surface area (Å²) < 4.78 is 0. The fraction of sp³-hybridized carbons (Fsp3) is 0.417. The van der Waals surface area contributed by atoms with Gasteiger partial charge in [0.2, 0.25) is 0 Å². The third-order valence-electron chi connectivity index (χ3n) is 2.79. The maximum Gasteiger partial charge on any atom is 0.255 e. The number of carbonyl (C=O) groups is 1. The zero-order chi connectivity index (χ0) is 12.3. The summed E-state index contributed by atoms with van der Waals surface area (Å²) in [5.41, 5.74) is 0.487. The highest BCUT2D eigenvalue weighted by atomic mass is 35.5. The van der Waals surface area contributed by atoms with Gasteiger partial charge in [-0.15, -0.1) is 12.4 Å². The van der Waals surface area contributed by atoms with Crippen LogP contribution in [0, 0.1) is 0 Å². The molecule has 0 aliphatic carbocycles. The first-order chi connectivity index (χ1) is 8.18. The number of nitrogens with one attached hydrogen (secondary N) is 1. The van der Waals surface area contributed by atoms with Crippen LogP contribution in [0.3, 0.4) is 0 Å². The van der Waals surface area contributed by atoms with E-state index in [0.717, 1.165) is 26.1 Å². The third kappa shape index (κ3) is 3.75. The quantitative estimate of drug-likeness (QED) is 0.865. The van der Waals surface area contributed by atoms with Crippen LogP contribution in [0.2, 0.25) is 10.0 Å². The average Bonchev–Trinajstić information content (AvgIpc) is 2.60. The van der Waals surface area contributed by atoms with Crippen LogP contribution in [0.4, 0.5) is 0 Å². The first kappa shape index (κ1) is 15.6. The van der Waals surface area contributed by atoms with Crippen LogP contribution < -0.4 is 5.32 Å². The lowest BCUT2D eigenvalue weighted by molar-refractivity contribution is 0.0766. The van der Waals surface area contributed by atoms with Crippen molar-refractivity contribution in [3.63, 3.8) is 0 Å². The second-order valence-electron chi connectivity index (χ2n) is 4.02. The van der Waals surface area contributed by atoms with Gasteiger partial charge < -0.3 is 10.2 Å². The summed E-state index contributed by atoms with van der Waals surface area (Å²) in [6.07, 6.45) is 0.962. The summed E-state index contributed by atoms with van der Waals surface area (Å²) in [5.74, 6) is -0.0406. The van der Waals surface area contributed by atoms with Gasteiger partial charge in [-0.25, -0.2) is 0 Å². The maximum absolute atomic E-state index is 12.3. The van der Waals surface area contributed by atoms with E-state index in [2.05, 4.69) is 5.32 Å². The van der Waals surface area contributed by atoms with Crippen molar-refractivity contribution in [2.45, 2.75) is 6.42 Å². The van der Waals surface area contributed by atoms with Crippen molar-refractivity contribution in [1.82, 2.24) is 10.2 Å². The van der Waals surface area contributed by atoms with E-state index in [1.807, 2.05) is 4.90 Å². The highest BCUT2D eigenvalue weighted by Crippen LogP contribution is 2.22. The summed E-state index contributed by atoms with van der Waals surface area (Å²) >= 11 is 11.9. The summed E-state index contributed by atoms with van der Waals surface area (Å²) in [6, 6.07) is 4.97. The Morgan fingerprint density at radius 1 is 1.22 bits per heavy atom. The van der Waals surface area contributed by atoms with Gasteiger partial charge in [0, 0.05) is 24.7 Å². The van der Waals surface area contributed by atoms with E-state index in [0.29, 0.717) is 22.2 Å². The molecule has 1 heterocycles. The molecule has 1 amide bonds. The minimum absolute atomic E-state index is 0. The number of nitrogens with zero attached hydrogens (tertiary/aromatic N) is 1. The molecule has 2 rings (SSSR count). The molecule has 6 heteroatoms. The van der Waals surface area contributed by atoms with Crippen LogP contribution in [-0.2, 0) is 0 Å². The first-order valence-electron chi connectivity index (χ1n) is 5.63. The SMILES string of the molecule is Cl.O=C(c1cc(Cl)ccc1Cl)N1CCCNCC1. The van der Waals surface area contributed by atoms with Gasteiger partial charge in [0.05, 0.1) is 10.6 Å². The number of carbonyl (C=O) groups excluding carboxylic acids is 1. The summed E-state index contributed by atoms with van der Waals surface area (Å²) in [4.78, 5) is 14.1. The van der Waals surface area contributed by atoms with Crippen molar-refractivity contribution in [3.8, 4) is 0 Å². The van der Waals surface area contributed by atoms with Crippen LogP contribution in [0.5, 0.6) is 0 Å². The van der Waals surface area contributed by atoms with E-state index >= 15 is 0 Å². The molecule has 0 atom stereocenters. The van der Waals surface area contributed by atoms with E-state index in [9.17, 15) is 4.79 Å². The Bertz CT molecular complexity index is 418. The Hall–Kier alpha value is -0.480. The monoisotopic (exact) mass is 308 g/mol. The van der Waals surface area contributed by atoms with Gasteiger partial charge in [-0.1, -0.05) is 23.2 Å². The number of amides is 1. The number of hydrogen-bond acceptors (Lipinski definition) is 2. The standard InChI is InChI=1S/C12H14Cl2N2O.ClH/c13-9-2-3-11(14)10(8-9)12(17)16-6-1-4-15-5-7-16;/h2-3,8,15H,1,4-7H2;1H. The Morgan fingerprint density at radius 2 is 2.00 bits per heavy atom.